The van der Waals surface area contributed by atoms with Gasteiger partial charge in [-0.05, 0) is 61.0 Å². The summed E-state index contributed by atoms with van der Waals surface area (Å²) in [7, 11) is 0. The number of H-pyrrole nitrogens is 1. The lowest BCUT2D eigenvalue weighted by Gasteiger charge is -2.25. The summed E-state index contributed by atoms with van der Waals surface area (Å²) in [6, 6.07) is 34.3. The van der Waals surface area contributed by atoms with Crippen LogP contribution >= 0.6 is 0 Å². The van der Waals surface area contributed by atoms with Crippen molar-refractivity contribution in [3.05, 3.63) is 103 Å². The number of para-hydroxylation sites is 2. The van der Waals surface area contributed by atoms with E-state index in [2.05, 4.69) is 114 Å². The fraction of sp³-hybridized carbons (Fsp3) is 0.0400. The third kappa shape index (κ3) is 2.76. The first-order chi connectivity index (χ1) is 13.3. The SMILES string of the molecule is Cc1ccc2c(c1)[nH]c1ccc(N(c3ccccc3)c3ccccc3)cc12. The van der Waals surface area contributed by atoms with Crippen LogP contribution in [0, 0.1) is 6.92 Å². The monoisotopic (exact) mass is 348 g/mol. The molecule has 0 fully saturated rings. The molecule has 0 atom stereocenters. The molecule has 0 saturated carbocycles. The molecule has 4 aromatic carbocycles. The smallest absolute Gasteiger partial charge is 0.0469 e. The Labute approximate surface area is 158 Å². The number of aromatic amines is 1. The van der Waals surface area contributed by atoms with Gasteiger partial charge in [0.2, 0.25) is 0 Å². The Hall–Kier alpha value is -3.52. The zero-order valence-electron chi connectivity index (χ0n) is 15.2. The van der Waals surface area contributed by atoms with Crippen molar-refractivity contribution in [2.75, 3.05) is 4.90 Å². The van der Waals surface area contributed by atoms with E-state index in [1.165, 1.54) is 27.4 Å². The van der Waals surface area contributed by atoms with E-state index < -0.39 is 0 Å². The lowest BCUT2D eigenvalue weighted by atomic mass is 10.1. The average molecular weight is 348 g/mol. The van der Waals surface area contributed by atoms with Crippen molar-refractivity contribution in [1.29, 1.82) is 0 Å². The van der Waals surface area contributed by atoms with Gasteiger partial charge in [-0.25, -0.2) is 0 Å². The van der Waals surface area contributed by atoms with E-state index in [0.717, 1.165) is 17.1 Å². The first-order valence-corrected chi connectivity index (χ1v) is 9.22. The molecule has 0 aliphatic carbocycles. The van der Waals surface area contributed by atoms with Crippen molar-refractivity contribution in [3.8, 4) is 0 Å². The van der Waals surface area contributed by atoms with Crippen molar-refractivity contribution >= 4 is 38.9 Å². The summed E-state index contributed by atoms with van der Waals surface area (Å²) in [4.78, 5) is 5.84. The molecule has 0 unspecified atom stereocenters. The van der Waals surface area contributed by atoms with Gasteiger partial charge in [-0.2, -0.15) is 0 Å². The van der Waals surface area contributed by atoms with Gasteiger partial charge in [0.05, 0.1) is 0 Å². The van der Waals surface area contributed by atoms with Crippen LogP contribution in [-0.4, -0.2) is 4.98 Å². The highest BCUT2D eigenvalue weighted by Crippen LogP contribution is 2.37. The van der Waals surface area contributed by atoms with Crippen LogP contribution in [0.25, 0.3) is 21.8 Å². The van der Waals surface area contributed by atoms with Crippen LogP contribution in [0.5, 0.6) is 0 Å². The van der Waals surface area contributed by atoms with E-state index >= 15 is 0 Å². The second-order valence-electron chi connectivity index (χ2n) is 6.91. The number of aromatic nitrogens is 1. The minimum absolute atomic E-state index is 1.15. The van der Waals surface area contributed by atoms with Crippen LogP contribution in [0.15, 0.2) is 97.1 Å². The molecule has 1 heterocycles. The maximum Gasteiger partial charge on any atom is 0.0469 e. The summed E-state index contributed by atoms with van der Waals surface area (Å²) in [5.74, 6) is 0. The first-order valence-electron chi connectivity index (χ1n) is 9.22. The van der Waals surface area contributed by atoms with E-state index in [-0.39, 0.29) is 0 Å². The fourth-order valence-corrected chi connectivity index (χ4v) is 3.75. The quantitative estimate of drug-likeness (QED) is 0.368. The second kappa shape index (κ2) is 6.33. The number of rotatable bonds is 3. The van der Waals surface area contributed by atoms with E-state index in [1.807, 2.05) is 0 Å². The molecule has 0 aliphatic rings. The zero-order valence-corrected chi connectivity index (χ0v) is 15.2. The van der Waals surface area contributed by atoms with Gasteiger partial charge < -0.3 is 9.88 Å². The normalized spacial score (nSPS) is 11.1. The zero-order chi connectivity index (χ0) is 18.2. The lowest BCUT2D eigenvalue weighted by molar-refractivity contribution is 1.29. The summed E-state index contributed by atoms with van der Waals surface area (Å²) in [5, 5.41) is 2.51. The molecule has 0 saturated heterocycles. The van der Waals surface area contributed by atoms with Gasteiger partial charge in [0, 0.05) is 38.9 Å². The largest absolute Gasteiger partial charge is 0.355 e. The summed E-state index contributed by atoms with van der Waals surface area (Å²) in [5.41, 5.74) is 7.08. The molecule has 0 amide bonds. The Morgan fingerprint density at radius 2 is 1.22 bits per heavy atom. The van der Waals surface area contributed by atoms with Crippen LogP contribution in [0.1, 0.15) is 5.56 Å². The topological polar surface area (TPSA) is 19.0 Å². The number of aryl methyl sites for hydroxylation is 1. The van der Waals surface area contributed by atoms with Crippen LogP contribution in [0.4, 0.5) is 17.1 Å². The van der Waals surface area contributed by atoms with Gasteiger partial charge in [0.25, 0.3) is 0 Å². The Morgan fingerprint density at radius 3 is 1.89 bits per heavy atom. The third-order valence-corrected chi connectivity index (χ3v) is 5.02. The van der Waals surface area contributed by atoms with Crippen LogP contribution in [0.3, 0.4) is 0 Å². The minimum Gasteiger partial charge on any atom is -0.355 e. The predicted octanol–water partition coefficient (Wildman–Crippen LogP) is 7.10. The molecule has 5 rings (SSSR count). The van der Waals surface area contributed by atoms with Gasteiger partial charge in [0.1, 0.15) is 0 Å². The van der Waals surface area contributed by atoms with E-state index in [0.29, 0.717) is 0 Å². The molecule has 5 aromatic rings. The molecule has 1 aromatic heterocycles. The molecule has 0 bridgehead atoms. The van der Waals surface area contributed by atoms with Crippen LogP contribution < -0.4 is 4.90 Å². The van der Waals surface area contributed by atoms with Gasteiger partial charge in [-0.15, -0.1) is 0 Å². The lowest BCUT2D eigenvalue weighted by Crippen LogP contribution is -2.09. The highest BCUT2D eigenvalue weighted by atomic mass is 15.1. The van der Waals surface area contributed by atoms with Crippen molar-refractivity contribution < 1.29 is 0 Å². The molecular formula is C25H20N2. The van der Waals surface area contributed by atoms with Gasteiger partial charge in [-0.1, -0.05) is 48.5 Å². The maximum absolute atomic E-state index is 3.55. The molecule has 130 valence electrons. The number of fused-ring (bicyclic) bond motifs is 3. The summed E-state index contributed by atoms with van der Waals surface area (Å²) < 4.78 is 0. The molecule has 0 spiro atoms. The number of benzene rings is 4. The third-order valence-electron chi connectivity index (χ3n) is 5.02. The highest BCUT2D eigenvalue weighted by Gasteiger charge is 2.13. The Morgan fingerprint density at radius 1 is 0.556 bits per heavy atom. The average Bonchev–Trinajstić information content (AvgIpc) is 3.07. The van der Waals surface area contributed by atoms with E-state index in [4.69, 9.17) is 0 Å². The van der Waals surface area contributed by atoms with Crippen molar-refractivity contribution in [2.24, 2.45) is 0 Å². The van der Waals surface area contributed by atoms with E-state index in [1.54, 1.807) is 0 Å². The van der Waals surface area contributed by atoms with Crippen molar-refractivity contribution in [1.82, 2.24) is 4.98 Å². The summed E-state index contributed by atoms with van der Waals surface area (Å²) in [6.07, 6.45) is 0. The predicted molar refractivity (Wildman–Crippen MR) is 115 cm³/mol. The van der Waals surface area contributed by atoms with Crippen molar-refractivity contribution in [3.63, 3.8) is 0 Å². The van der Waals surface area contributed by atoms with Gasteiger partial charge in [-0.3, -0.25) is 0 Å². The van der Waals surface area contributed by atoms with Crippen LogP contribution in [-0.2, 0) is 0 Å². The molecule has 2 nitrogen and oxygen atoms in total. The number of nitrogens with one attached hydrogen (secondary N) is 1. The Bertz CT molecular complexity index is 1180. The molecule has 2 heteroatoms. The number of nitrogens with zero attached hydrogens (tertiary/aromatic N) is 1. The van der Waals surface area contributed by atoms with Crippen LogP contribution in [0.2, 0.25) is 0 Å². The Kier molecular flexibility index (Phi) is 3.68. The Balaban J connectivity index is 1.74. The van der Waals surface area contributed by atoms with Gasteiger partial charge >= 0.3 is 0 Å². The van der Waals surface area contributed by atoms with E-state index in [9.17, 15) is 0 Å². The highest BCUT2D eigenvalue weighted by molar-refractivity contribution is 6.08. The first kappa shape index (κ1) is 15.7. The molecule has 0 aliphatic heterocycles. The molecule has 0 radical (unpaired) electrons. The fourth-order valence-electron chi connectivity index (χ4n) is 3.75. The van der Waals surface area contributed by atoms with Crippen molar-refractivity contribution in [2.45, 2.75) is 6.92 Å². The molecule has 27 heavy (non-hydrogen) atoms. The number of hydrogen-bond acceptors (Lipinski definition) is 1. The second-order valence-corrected chi connectivity index (χ2v) is 6.91. The minimum atomic E-state index is 1.15. The maximum atomic E-state index is 3.55. The summed E-state index contributed by atoms with van der Waals surface area (Å²) >= 11 is 0. The number of hydrogen-bond donors (Lipinski definition) is 1. The molecule has 1 N–H and O–H groups in total. The molecular weight excluding hydrogens is 328 g/mol. The standard InChI is InChI=1S/C25H20N2/c1-18-12-14-22-23-17-21(13-15-24(23)26-25(22)16-18)27(19-8-4-2-5-9-19)20-10-6-3-7-11-20/h2-17,26H,1H3. The van der Waals surface area contributed by atoms with Gasteiger partial charge in [0.15, 0.2) is 0 Å². The summed E-state index contributed by atoms with van der Waals surface area (Å²) in [6.45, 7) is 2.13. The number of anilines is 3.